The van der Waals surface area contributed by atoms with Gasteiger partial charge in [-0.25, -0.2) is 4.79 Å². The number of ether oxygens (including phenoxy) is 3. The van der Waals surface area contributed by atoms with Gasteiger partial charge in [-0.2, -0.15) is 0 Å². The summed E-state index contributed by atoms with van der Waals surface area (Å²) >= 11 is 0. The van der Waals surface area contributed by atoms with Crippen molar-refractivity contribution in [2.75, 3.05) is 7.11 Å². The quantitative estimate of drug-likeness (QED) is 0.596. The number of hydrogen-bond donors (Lipinski definition) is 0. The third-order valence-electron chi connectivity index (χ3n) is 3.46. The van der Waals surface area contributed by atoms with E-state index in [-0.39, 0.29) is 12.1 Å². The average Bonchev–Trinajstić information content (AvgIpc) is 2.59. The summed E-state index contributed by atoms with van der Waals surface area (Å²) in [5, 5.41) is 0. The lowest BCUT2D eigenvalue weighted by molar-refractivity contribution is -0.145. The lowest BCUT2D eigenvalue weighted by Gasteiger charge is -2.17. The molecular formula is C19H20O5. The van der Waals surface area contributed by atoms with Gasteiger partial charge in [0.25, 0.3) is 0 Å². The Morgan fingerprint density at radius 3 is 2.04 bits per heavy atom. The van der Waals surface area contributed by atoms with E-state index in [2.05, 4.69) is 0 Å². The molecule has 0 aliphatic carbocycles. The van der Waals surface area contributed by atoms with Crippen LogP contribution in [0, 0.1) is 0 Å². The molecule has 2 unspecified atom stereocenters. The highest BCUT2D eigenvalue weighted by Crippen LogP contribution is 2.21. The van der Waals surface area contributed by atoms with Crippen LogP contribution >= 0.6 is 0 Å². The van der Waals surface area contributed by atoms with Crippen LogP contribution in [0.25, 0.3) is 0 Å². The van der Waals surface area contributed by atoms with E-state index in [0.29, 0.717) is 5.56 Å². The highest BCUT2D eigenvalue weighted by molar-refractivity contribution is 5.89. The van der Waals surface area contributed by atoms with Crippen molar-refractivity contribution in [3.8, 4) is 0 Å². The fraction of sp³-hybridized carbons (Fsp3) is 0.263. The SMILES string of the molecule is COC(OC(=O)c1ccc(C(C)OC(C)=O)cc1)c1ccccc1. The van der Waals surface area contributed by atoms with Crippen molar-refractivity contribution in [3.05, 3.63) is 71.3 Å². The lowest BCUT2D eigenvalue weighted by Crippen LogP contribution is -2.13. The maximum atomic E-state index is 12.3. The number of esters is 2. The lowest BCUT2D eigenvalue weighted by atomic mass is 10.1. The standard InChI is InChI=1S/C19H20O5/c1-13(23-14(2)20)15-9-11-16(12-10-15)18(21)24-19(22-3)17-7-5-4-6-8-17/h4-13,19H,1-3H3. The van der Waals surface area contributed by atoms with Gasteiger partial charge in [-0.15, -0.1) is 0 Å². The van der Waals surface area contributed by atoms with Crippen LogP contribution in [0.4, 0.5) is 0 Å². The van der Waals surface area contributed by atoms with Gasteiger partial charge in [0.15, 0.2) is 0 Å². The van der Waals surface area contributed by atoms with Gasteiger partial charge in [-0.1, -0.05) is 42.5 Å². The summed E-state index contributed by atoms with van der Waals surface area (Å²) in [6, 6.07) is 16.0. The molecule has 0 aliphatic heterocycles. The second-order valence-electron chi connectivity index (χ2n) is 5.26. The number of rotatable bonds is 6. The Bertz CT molecular complexity index is 679. The van der Waals surface area contributed by atoms with Gasteiger partial charge in [0, 0.05) is 19.6 Å². The number of hydrogen-bond acceptors (Lipinski definition) is 5. The maximum absolute atomic E-state index is 12.3. The van der Waals surface area contributed by atoms with E-state index < -0.39 is 12.3 Å². The molecule has 0 aliphatic rings. The average molecular weight is 328 g/mol. The van der Waals surface area contributed by atoms with Crippen LogP contribution < -0.4 is 0 Å². The van der Waals surface area contributed by atoms with E-state index in [1.165, 1.54) is 14.0 Å². The summed E-state index contributed by atoms with van der Waals surface area (Å²) in [6.07, 6.45) is -1.14. The van der Waals surface area contributed by atoms with E-state index in [4.69, 9.17) is 14.2 Å². The monoisotopic (exact) mass is 328 g/mol. The van der Waals surface area contributed by atoms with Crippen molar-refractivity contribution in [3.63, 3.8) is 0 Å². The first kappa shape index (κ1) is 17.7. The van der Waals surface area contributed by atoms with Crippen molar-refractivity contribution in [2.24, 2.45) is 0 Å². The predicted octanol–water partition coefficient (Wildman–Crippen LogP) is 3.81. The summed E-state index contributed by atoms with van der Waals surface area (Å²) in [6.45, 7) is 3.13. The van der Waals surface area contributed by atoms with E-state index in [1.54, 1.807) is 31.2 Å². The van der Waals surface area contributed by atoms with E-state index in [1.807, 2.05) is 30.3 Å². The Morgan fingerprint density at radius 2 is 1.50 bits per heavy atom. The smallest absolute Gasteiger partial charge is 0.340 e. The zero-order valence-electron chi connectivity index (χ0n) is 13.9. The molecule has 0 spiro atoms. The predicted molar refractivity (Wildman–Crippen MR) is 88.2 cm³/mol. The summed E-state index contributed by atoms with van der Waals surface area (Å²) in [5.41, 5.74) is 1.95. The maximum Gasteiger partial charge on any atom is 0.340 e. The molecule has 2 rings (SSSR count). The molecule has 0 bridgehead atoms. The summed E-state index contributed by atoms with van der Waals surface area (Å²) < 4.78 is 15.7. The second-order valence-corrected chi connectivity index (χ2v) is 5.26. The highest BCUT2D eigenvalue weighted by Gasteiger charge is 2.17. The van der Waals surface area contributed by atoms with Crippen molar-refractivity contribution >= 4 is 11.9 Å². The van der Waals surface area contributed by atoms with Gasteiger partial charge in [-0.05, 0) is 24.6 Å². The summed E-state index contributed by atoms with van der Waals surface area (Å²) in [5.74, 6) is -0.839. The molecule has 0 aromatic heterocycles. The normalized spacial score (nSPS) is 13.0. The molecule has 0 radical (unpaired) electrons. The van der Waals surface area contributed by atoms with Crippen LogP contribution in [0.5, 0.6) is 0 Å². The molecule has 2 aromatic rings. The van der Waals surface area contributed by atoms with Crippen LogP contribution in [-0.2, 0) is 19.0 Å². The molecule has 0 amide bonds. The minimum Gasteiger partial charge on any atom is -0.458 e. The molecule has 0 heterocycles. The van der Waals surface area contributed by atoms with Gasteiger partial charge in [-0.3, -0.25) is 4.79 Å². The van der Waals surface area contributed by atoms with E-state index >= 15 is 0 Å². The molecule has 0 N–H and O–H groups in total. The molecular weight excluding hydrogens is 308 g/mol. The van der Waals surface area contributed by atoms with Crippen molar-refractivity contribution < 1.29 is 23.8 Å². The summed E-state index contributed by atoms with van der Waals surface area (Å²) in [4.78, 5) is 23.2. The second kappa shape index (κ2) is 8.26. The first-order valence-electron chi connectivity index (χ1n) is 7.57. The topological polar surface area (TPSA) is 61.8 Å². The Balaban J connectivity index is 2.05. The van der Waals surface area contributed by atoms with Gasteiger partial charge in [0.1, 0.15) is 6.10 Å². The highest BCUT2D eigenvalue weighted by atomic mass is 16.7. The minimum atomic E-state index is -0.765. The fourth-order valence-electron chi connectivity index (χ4n) is 2.23. The molecule has 2 aromatic carbocycles. The first-order chi connectivity index (χ1) is 11.5. The molecule has 24 heavy (non-hydrogen) atoms. The zero-order chi connectivity index (χ0) is 17.5. The van der Waals surface area contributed by atoms with Gasteiger partial charge >= 0.3 is 11.9 Å². The van der Waals surface area contributed by atoms with Crippen LogP contribution in [0.2, 0.25) is 0 Å². The third kappa shape index (κ3) is 4.67. The first-order valence-corrected chi connectivity index (χ1v) is 7.57. The third-order valence-corrected chi connectivity index (χ3v) is 3.46. The van der Waals surface area contributed by atoms with Crippen LogP contribution in [0.1, 0.15) is 47.7 Å². The summed E-state index contributed by atoms with van der Waals surface area (Å²) in [7, 11) is 1.48. The molecule has 2 atom stereocenters. The van der Waals surface area contributed by atoms with Gasteiger partial charge in [0.05, 0.1) is 5.56 Å². The number of benzene rings is 2. The number of carbonyl (C=O) groups is 2. The Morgan fingerprint density at radius 1 is 0.875 bits per heavy atom. The molecule has 5 nitrogen and oxygen atoms in total. The van der Waals surface area contributed by atoms with E-state index in [0.717, 1.165) is 11.1 Å². The van der Waals surface area contributed by atoms with E-state index in [9.17, 15) is 9.59 Å². The molecule has 126 valence electrons. The van der Waals surface area contributed by atoms with Crippen molar-refractivity contribution in [1.29, 1.82) is 0 Å². The molecule has 0 saturated heterocycles. The van der Waals surface area contributed by atoms with Crippen LogP contribution in [0.3, 0.4) is 0 Å². The number of methoxy groups -OCH3 is 1. The van der Waals surface area contributed by atoms with Gasteiger partial charge in [0.2, 0.25) is 6.29 Å². The zero-order valence-corrected chi connectivity index (χ0v) is 13.9. The molecule has 0 saturated carbocycles. The Labute approximate surface area is 141 Å². The largest absolute Gasteiger partial charge is 0.458 e. The van der Waals surface area contributed by atoms with Crippen LogP contribution in [-0.4, -0.2) is 19.0 Å². The molecule has 5 heteroatoms. The van der Waals surface area contributed by atoms with Crippen LogP contribution in [0.15, 0.2) is 54.6 Å². The van der Waals surface area contributed by atoms with Crippen molar-refractivity contribution in [1.82, 2.24) is 0 Å². The van der Waals surface area contributed by atoms with Crippen molar-refractivity contribution in [2.45, 2.75) is 26.2 Å². The fourth-order valence-corrected chi connectivity index (χ4v) is 2.23. The number of carbonyl (C=O) groups excluding carboxylic acids is 2. The van der Waals surface area contributed by atoms with Gasteiger partial charge < -0.3 is 14.2 Å². The Kier molecular flexibility index (Phi) is 6.09. The Hall–Kier alpha value is -2.66. The minimum absolute atomic E-state index is 0.350. The molecule has 0 fully saturated rings.